The van der Waals surface area contributed by atoms with Crippen molar-refractivity contribution in [2.45, 2.75) is 20.3 Å². The summed E-state index contributed by atoms with van der Waals surface area (Å²) in [6.45, 7) is 8.64. The molecular formula is C14H21FN2. The smallest absolute Gasteiger partial charge is 0.123 e. The summed E-state index contributed by atoms with van der Waals surface area (Å²) in [5.41, 5.74) is 1.45. The van der Waals surface area contributed by atoms with Crippen molar-refractivity contribution in [2.24, 2.45) is 5.41 Å². The van der Waals surface area contributed by atoms with Gasteiger partial charge < -0.3 is 10.2 Å². The van der Waals surface area contributed by atoms with E-state index in [4.69, 9.17) is 0 Å². The van der Waals surface area contributed by atoms with E-state index in [1.54, 1.807) is 0 Å². The van der Waals surface area contributed by atoms with Crippen molar-refractivity contribution in [3.05, 3.63) is 30.1 Å². The lowest BCUT2D eigenvalue weighted by molar-refractivity contribution is 0.366. The Morgan fingerprint density at radius 1 is 1.35 bits per heavy atom. The van der Waals surface area contributed by atoms with E-state index in [-0.39, 0.29) is 5.82 Å². The molecule has 1 atom stereocenters. The predicted octanol–water partition coefficient (Wildman–Crippen LogP) is 2.65. The van der Waals surface area contributed by atoms with Crippen LogP contribution in [0.4, 0.5) is 10.1 Å². The maximum absolute atomic E-state index is 12.9. The molecule has 1 fully saturated rings. The summed E-state index contributed by atoms with van der Waals surface area (Å²) in [4.78, 5) is 2.33. The van der Waals surface area contributed by atoms with Crippen LogP contribution in [0.15, 0.2) is 24.3 Å². The molecule has 0 saturated carbocycles. The van der Waals surface area contributed by atoms with Gasteiger partial charge in [-0.3, -0.25) is 0 Å². The summed E-state index contributed by atoms with van der Waals surface area (Å²) in [6.07, 6.45) is 1.21. The Morgan fingerprint density at radius 3 is 2.59 bits per heavy atom. The van der Waals surface area contributed by atoms with E-state index in [1.807, 2.05) is 12.1 Å². The number of hydrogen-bond acceptors (Lipinski definition) is 2. The molecule has 0 aromatic heterocycles. The highest BCUT2D eigenvalue weighted by Gasteiger charge is 2.30. The van der Waals surface area contributed by atoms with Gasteiger partial charge in [-0.05, 0) is 49.6 Å². The molecule has 0 amide bonds. The normalized spacial score (nSPS) is 23.9. The molecule has 0 spiro atoms. The first-order chi connectivity index (χ1) is 8.13. The fourth-order valence-electron chi connectivity index (χ4n) is 2.50. The van der Waals surface area contributed by atoms with E-state index in [0.717, 1.165) is 31.9 Å². The first-order valence-electron chi connectivity index (χ1n) is 6.34. The number of rotatable bonds is 4. The van der Waals surface area contributed by atoms with Crippen molar-refractivity contribution in [2.75, 3.05) is 31.1 Å². The van der Waals surface area contributed by atoms with Crippen LogP contribution in [-0.2, 0) is 0 Å². The zero-order chi connectivity index (χ0) is 12.3. The minimum absolute atomic E-state index is 0.168. The quantitative estimate of drug-likeness (QED) is 0.864. The Balaban J connectivity index is 2.08. The second-order valence-corrected chi connectivity index (χ2v) is 5.23. The molecule has 2 rings (SSSR count). The highest BCUT2D eigenvalue weighted by Crippen LogP contribution is 2.28. The van der Waals surface area contributed by atoms with Crippen LogP contribution in [0.5, 0.6) is 0 Å². The van der Waals surface area contributed by atoms with Gasteiger partial charge in [0.25, 0.3) is 0 Å². The Kier molecular flexibility index (Phi) is 3.67. The second kappa shape index (κ2) is 5.05. The molecule has 1 saturated heterocycles. The summed E-state index contributed by atoms with van der Waals surface area (Å²) in [5, 5.41) is 3.42. The van der Waals surface area contributed by atoms with Gasteiger partial charge in [-0.1, -0.05) is 6.92 Å². The summed E-state index contributed by atoms with van der Waals surface area (Å²) < 4.78 is 12.9. The third-order valence-electron chi connectivity index (χ3n) is 3.60. The van der Waals surface area contributed by atoms with Gasteiger partial charge in [-0.15, -0.1) is 0 Å². The molecule has 3 heteroatoms. The molecule has 1 aromatic carbocycles. The van der Waals surface area contributed by atoms with Crippen molar-refractivity contribution in [1.29, 1.82) is 0 Å². The molecule has 2 nitrogen and oxygen atoms in total. The van der Waals surface area contributed by atoms with Crippen LogP contribution in [0.3, 0.4) is 0 Å². The molecule has 1 unspecified atom stereocenters. The maximum atomic E-state index is 12.9. The van der Waals surface area contributed by atoms with E-state index in [0.29, 0.717) is 5.41 Å². The van der Waals surface area contributed by atoms with Gasteiger partial charge in [0.15, 0.2) is 0 Å². The Hall–Kier alpha value is -1.09. The first kappa shape index (κ1) is 12.4. The Labute approximate surface area is 103 Å². The van der Waals surface area contributed by atoms with E-state index in [9.17, 15) is 4.39 Å². The molecule has 1 aliphatic heterocycles. The van der Waals surface area contributed by atoms with Gasteiger partial charge in [-0.2, -0.15) is 0 Å². The molecule has 94 valence electrons. The van der Waals surface area contributed by atoms with Gasteiger partial charge >= 0.3 is 0 Å². The van der Waals surface area contributed by atoms with Crippen molar-refractivity contribution in [3.8, 4) is 0 Å². The van der Waals surface area contributed by atoms with Crippen LogP contribution >= 0.6 is 0 Å². The van der Waals surface area contributed by atoms with Gasteiger partial charge in [0, 0.05) is 25.3 Å². The van der Waals surface area contributed by atoms with Crippen molar-refractivity contribution < 1.29 is 4.39 Å². The number of halogens is 1. The highest BCUT2D eigenvalue weighted by molar-refractivity contribution is 5.46. The van der Waals surface area contributed by atoms with Crippen molar-refractivity contribution in [3.63, 3.8) is 0 Å². The first-order valence-corrected chi connectivity index (χ1v) is 6.34. The van der Waals surface area contributed by atoms with Gasteiger partial charge in [0.2, 0.25) is 0 Å². The Morgan fingerprint density at radius 2 is 2.06 bits per heavy atom. The monoisotopic (exact) mass is 236 g/mol. The molecule has 0 radical (unpaired) electrons. The third kappa shape index (κ3) is 2.97. The van der Waals surface area contributed by atoms with E-state index < -0.39 is 0 Å². The van der Waals surface area contributed by atoms with Gasteiger partial charge in [0.05, 0.1) is 0 Å². The van der Waals surface area contributed by atoms with E-state index in [1.165, 1.54) is 18.6 Å². The third-order valence-corrected chi connectivity index (χ3v) is 3.60. The highest BCUT2D eigenvalue weighted by atomic mass is 19.1. The van der Waals surface area contributed by atoms with E-state index >= 15 is 0 Å². The average Bonchev–Trinajstić information content (AvgIpc) is 2.75. The lowest BCUT2D eigenvalue weighted by Gasteiger charge is -2.32. The topological polar surface area (TPSA) is 15.3 Å². The second-order valence-electron chi connectivity index (χ2n) is 5.23. The molecule has 1 heterocycles. The number of benzene rings is 1. The standard InChI is InChI=1S/C14H21FN2/c1-3-17(11-14(2)8-9-16-10-14)13-6-4-12(15)5-7-13/h4-7,16H,3,8-11H2,1-2H3. The number of hydrogen-bond donors (Lipinski definition) is 1. The molecule has 1 N–H and O–H groups in total. The molecular weight excluding hydrogens is 215 g/mol. The summed E-state index contributed by atoms with van der Waals surface area (Å²) in [7, 11) is 0. The van der Waals surface area contributed by atoms with E-state index in [2.05, 4.69) is 24.1 Å². The fourth-order valence-corrected chi connectivity index (χ4v) is 2.50. The number of anilines is 1. The van der Waals surface area contributed by atoms with Crippen molar-refractivity contribution >= 4 is 5.69 Å². The maximum Gasteiger partial charge on any atom is 0.123 e. The van der Waals surface area contributed by atoms with Crippen LogP contribution in [-0.4, -0.2) is 26.2 Å². The molecule has 1 aliphatic rings. The van der Waals surface area contributed by atoms with Crippen LogP contribution in [0.25, 0.3) is 0 Å². The molecule has 0 aliphatic carbocycles. The van der Waals surface area contributed by atoms with Crippen molar-refractivity contribution in [1.82, 2.24) is 5.32 Å². The lowest BCUT2D eigenvalue weighted by Crippen LogP contribution is -2.37. The number of nitrogens with zero attached hydrogens (tertiary/aromatic N) is 1. The summed E-state index contributed by atoms with van der Waals surface area (Å²) in [6, 6.07) is 6.80. The summed E-state index contributed by atoms with van der Waals surface area (Å²) >= 11 is 0. The van der Waals surface area contributed by atoms with Crippen LogP contribution in [0.1, 0.15) is 20.3 Å². The number of nitrogens with one attached hydrogen (secondary N) is 1. The minimum Gasteiger partial charge on any atom is -0.371 e. The molecule has 1 aromatic rings. The lowest BCUT2D eigenvalue weighted by atomic mass is 9.89. The average molecular weight is 236 g/mol. The molecule has 0 bridgehead atoms. The van der Waals surface area contributed by atoms with Crippen LogP contribution in [0, 0.1) is 11.2 Å². The largest absolute Gasteiger partial charge is 0.371 e. The minimum atomic E-state index is -0.168. The Bertz CT molecular complexity index is 355. The van der Waals surface area contributed by atoms with Crippen LogP contribution in [0.2, 0.25) is 0 Å². The zero-order valence-corrected chi connectivity index (χ0v) is 10.7. The van der Waals surface area contributed by atoms with Gasteiger partial charge in [-0.25, -0.2) is 4.39 Å². The zero-order valence-electron chi connectivity index (χ0n) is 10.7. The fraction of sp³-hybridized carbons (Fsp3) is 0.571. The van der Waals surface area contributed by atoms with Gasteiger partial charge in [0.1, 0.15) is 5.82 Å². The summed E-state index contributed by atoms with van der Waals surface area (Å²) in [5.74, 6) is -0.168. The van der Waals surface area contributed by atoms with Crippen LogP contribution < -0.4 is 10.2 Å². The predicted molar refractivity (Wildman–Crippen MR) is 69.9 cm³/mol. The SMILES string of the molecule is CCN(CC1(C)CCNC1)c1ccc(F)cc1. The molecule has 17 heavy (non-hydrogen) atoms.